The summed E-state index contributed by atoms with van der Waals surface area (Å²) >= 11 is 0. The highest BCUT2D eigenvalue weighted by Crippen LogP contribution is 2.25. The molecule has 0 saturated heterocycles. The van der Waals surface area contributed by atoms with E-state index in [0.29, 0.717) is 6.61 Å². The average molecular weight is 285 g/mol. The predicted octanol–water partition coefficient (Wildman–Crippen LogP) is 4.19. The first-order chi connectivity index (χ1) is 10.2. The van der Waals surface area contributed by atoms with Gasteiger partial charge in [-0.25, -0.2) is 0 Å². The summed E-state index contributed by atoms with van der Waals surface area (Å²) in [4.78, 5) is 0. The van der Waals surface area contributed by atoms with E-state index in [0.717, 1.165) is 30.2 Å². The summed E-state index contributed by atoms with van der Waals surface area (Å²) in [5, 5.41) is 3.40. The summed E-state index contributed by atoms with van der Waals surface area (Å²) in [6.45, 7) is 5.70. The minimum absolute atomic E-state index is 0.699. The molecule has 0 bridgehead atoms. The van der Waals surface area contributed by atoms with Gasteiger partial charge in [0.2, 0.25) is 0 Å². The van der Waals surface area contributed by atoms with Crippen LogP contribution < -0.4 is 14.8 Å². The molecule has 2 aromatic carbocycles. The molecule has 0 aromatic heterocycles. The number of anilines is 1. The van der Waals surface area contributed by atoms with Gasteiger partial charge < -0.3 is 14.8 Å². The van der Waals surface area contributed by atoms with Crippen LogP contribution in [0.15, 0.2) is 42.5 Å². The van der Waals surface area contributed by atoms with E-state index in [-0.39, 0.29) is 0 Å². The van der Waals surface area contributed by atoms with E-state index in [1.165, 1.54) is 11.1 Å². The monoisotopic (exact) mass is 285 g/mol. The van der Waals surface area contributed by atoms with E-state index >= 15 is 0 Å². The average Bonchev–Trinajstić information content (AvgIpc) is 2.49. The van der Waals surface area contributed by atoms with Gasteiger partial charge in [0.25, 0.3) is 0 Å². The summed E-state index contributed by atoms with van der Waals surface area (Å²) < 4.78 is 11.1. The Labute approximate surface area is 126 Å². The molecule has 2 aromatic rings. The molecule has 0 aliphatic carbocycles. The maximum atomic E-state index is 5.71. The van der Waals surface area contributed by atoms with Crippen LogP contribution in [0.2, 0.25) is 0 Å². The lowest BCUT2D eigenvalue weighted by molar-refractivity contribution is 0.315. The van der Waals surface area contributed by atoms with Crippen LogP contribution in [0.4, 0.5) is 5.69 Å². The Morgan fingerprint density at radius 3 is 2.38 bits per heavy atom. The van der Waals surface area contributed by atoms with Gasteiger partial charge in [-0.15, -0.1) is 0 Å². The van der Waals surface area contributed by atoms with E-state index in [9.17, 15) is 0 Å². The summed E-state index contributed by atoms with van der Waals surface area (Å²) in [6, 6.07) is 14.3. The van der Waals surface area contributed by atoms with Crippen molar-refractivity contribution in [2.75, 3.05) is 25.6 Å². The summed E-state index contributed by atoms with van der Waals surface area (Å²) in [5.74, 6) is 1.80. The number of methoxy groups -OCH3 is 1. The molecular weight excluding hydrogens is 262 g/mol. The van der Waals surface area contributed by atoms with Crippen molar-refractivity contribution in [1.82, 2.24) is 0 Å². The van der Waals surface area contributed by atoms with Crippen LogP contribution >= 0.6 is 0 Å². The smallest absolute Gasteiger partial charge is 0.141 e. The van der Waals surface area contributed by atoms with E-state index in [1.54, 1.807) is 7.11 Å². The largest absolute Gasteiger partial charge is 0.495 e. The van der Waals surface area contributed by atoms with Gasteiger partial charge in [0.05, 0.1) is 19.4 Å². The number of nitrogens with one attached hydrogen (secondary N) is 1. The minimum Gasteiger partial charge on any atom is -0.495 e. The molecule has 1 N–H and O–H groups in total. The minimum atomic E-state index is 0.699. The zero-order chi connectivity index (χ0) is 15.1. The third-order valence-corrected chi connectivity index (χ3v) is 3.28. The Morgan fingerprint density at radius 2 is 1.67 bits per heavy atom. The molecule has 0 amide bonds. The fourth-order valence-corrected chi connectivity index (χ4v) is 2.08. The Hall–Kier alpha value is -2.16. The lowest BCUT2D eigenvalue weighted by Crippen LogP contribution is -2.08. The van der Waals surface area contributed by atoms with Gasteiger partial charge in [-0.3, -0.25) is 0 Å². The molecule has 0 heterocycles. The maximum absolute atomic E-state index is 5.71. The maximum Gasteiger partial charge on any atom is 0.141 e. The molecular formula is C18H23NO2. The molecule has 3 nitrogen and oxygen atoms in total. The fourth-order valence-electron chi connectivity index (χ4n) is 2.08. The van der Waals surface area contributed by atoms with Crippen molar-refractivity contribution in [2.24, 2.45) is 0 Å². The Balaban J connectivity index is 1.74. The predicted molar refractivity (Wildman–Crippen MR) is 87.5 cm³/mol. The van der Waals surface area contributed by atoms with Crippen molar-refractivity contribution in [3.8, 4) is 11.5 Å². The van der Waals surface area contributed by atoms with Gasteiger partial charge in [-0.2, -0.15) is 0 Å². The van der Waals surface area contributed by atoms with Gasteiger partial charge in [-0.05, 0) is 50.1 Å². The van der Waals surface area contributed by atoms with Crippen molar-refractivity contribution in [3.63, 3.8) is 0 Å². The second-order valence-electron chi connectivity index (χ2n) is 5.15. The quantitative estimate of drug-likeness (QED) is 0.774. The van der Waals surface area contributed by atoms with E-state index < -0.39 is 0 Å². The van der Waals surface area contributed by atoms with Crippen molar-refractivity contribution in [2.45, 2.75) is 20.3 Å². The number of hydrogen-bond acceptors (Lipinski definition) is 3. The normalized spacial score (nSPS) is 10.2. The van der Waals surface area contributed by atoms with Crippen LogP contribution in [0.1, 0.15) is 17.5 Å². The zero-order valence-electron chi connectivity index (χ0n) is 13.0. The molecule has 0 fully saturated rings. The van der Waals surface area contributed by atoms with Crippen LogP contribution in [0.5, 0.6) is 11.5 Å². The molecule has 112 valence electrons. The van der Waals surface area contributed by atoms with Crippen molar-refractivity contribution in [3.05, 3.63) is 53.6 Å². The molecule has 2 rings (SSSR count). The molecule has 21 heavy (non-hydrogen) atoms. The first kappa shape index (κ1) is 15.2. The Bertz CT molecular complexity index is 564. The number of benzene rings is 2. The van der Waals surface area contributed by atoms with Crippen LogP contribution in [0.3, 0.4) is 0 Å². The molecule has 0 radical (unpaired) electrons. The number of rotatable bonds is 7. The van der Waals surface area contributed by atoms with Gasteiger partial charge >= 0.3 is 0 Å². The third kappa shape index (κ3) is 4.71. The summed E-state index contributed by atoms with van der Waals surface area (Å²) in [7, 11) is 1.69. The van der Waals surface area contributed by atoms with E-state index in [2.05, 4.69) is 37.4 Å². The second kappa shape index (κ2) is 7.58. The van der Waals surface area contributed by atoms with Crippen LogP contribution in [0.25, 0.3) is 0 Å². The Kier molecular flexibility index (Phi) is 5.50. The first-order valence-corrected chi connectivity index (χ1v) is 7.27. The fraction of sp³-hybridized carbons (Fsp3) is 0.333. The topological polar surface area (TPSA) is 30.5 Å². The molecule has 0 unspecified atom stereocenters. The van der Waals surface area contributed by atoms with E-state index in [4.69, 9.17) is 9.47 Å². The van der Waals surface area contributed by atoms with Crippen molar-refractivity contribution >= 4 is 5.69 Å². The molecule has 3 heteroatoms. The van der Waals surface area contributed by atoms with E-state index in [1.807, 2.05) is 24.3 Å². The molecule has 0 saturated carbocycles. The lowest BCUT2D eigenvalue weighted by atomic mass is 10.2. The third-order valence-electron chi connectivity index (χ3n) is 3.28. The van der Waals surface area contributed by atoms with Gasteiger partial charge in [0.15, 0.2) is 0 Å². The molecule has 0 aliphatic heterocycles. The van der Waals surface area contributed by atoms with Crippen LogP contribution in [-0.2, 0) is 0 Å². The van der Waals surface area contributed by atoms with Crippen molar-refractivity contribution < 1.29 is 9.47 Å². The Morgan fingerprint density at radius 1 is 0.952 bits per heavy atom. The zero-order valence-corrected chi connectivity index (χ0v) is 13.0. The van der Waals surface area contributed by atoms with Gasteiger partial charge in [0, 0.05) is 6.54 Å². The van der Waals surface area contributed by atoms with Crippen LogP contribution in [0, 0.1) is 13.8 Å². The lowest BCUT2D eigenvalue weighted by Gasteiger charge is -2.12. The van der Waals surface area contributed by atoms with Gasteiger partial charge in [-0.1, -0.05) is 23.8 Å². The summed E-state index contributed by atoms with van der Waals surface area (Å²) in [5.41, 5.74) is 3.50. The molecule has 0 atom stereocenters. The number of aryl methyl sites for hydroxylation is 2. The van der Waals surface area contributed by atoms with Crippen LogP contribution in [-0.4, -0.2) is 20.3 Å². The van der Waals surface area contributed by atoms with Crippen molar-refractivity contribution in [1.29, 1.82) is 0 Å². The second-order valence-corrected chi connectivity index (χ2v) is 5.15. The summed E-state index contributed by atoms with van der Waals surface area (Å²) in [6.07, 6.45) is 0.935. The SMILES string of the molecule is COc1ccc(C)cc1NCCCOc1ccc(C)cc1. The molecule has 0 spiro atoms. The molecule has 0 aliphatic rings. The van der Waals surface area contributed by atoms with Gasteiger partial charge in [0.1, 0.15) is 11.5 Å². The highest BCUT2D eigenvalue weighted by Gasteiger charge is 2.02. The number of hydrogen-bond donors (Lipinski definition) is 1. The highest BCUT2D eigenvalue weighted by atomic mass is 16.5. The standard InChI is InChI=1S/C18H23NO2/c1-14-5-8-16(9-6-14)21-12-4-11-19-17-13-15(2)7-10-18(17)20-3/h5-10,13,19H,4,11-12H2,1-3H3. The first-order valence-electron chi connectivity index (χ1n) is 7.27. The number of ether oxygens (including phenoxy) is 2. The highest BCUT2D eigenvalue weighted by molar-refractivity contribution is 5.57.